The van der Waals surface area contributed by atoms with E-state index in [9.17, 15) is 21.6 Å². The number of carbonyl (C=O) groups is 1. The molecular formula is C28H22BrFO5S2. The van der Waals surface area contributed by atoms with Crippen molar-refractivity contribution in [1.29, 1.82) is 0 Å². The van der Waals surface area contributed by atoms with E-state index >= 15 is 4.39 Å². The highest BCUT2D eigenvalue weighted by atomic mass is 79.9. The molecule has 0 N–H and O–H groups in total. The molecule has 0 saturated carbocycles. The molecule has 4 aromatic rings. The van der Waals surface area contributed by atoms with Crippen LogP contribution in [0.2, 0.25) is 0 Å². The SMILES string of the molecule is O=C(C[C@@H](c1ccc(Br)cc1)C(F)(S(=O)(=O)c1ccccc1)S(=O)(=O)c1ccccc1)c1ccccc1. The molecule has 0 aromatic heterocycles. The molecule has 0 amide bonds. The van der Waals surface area contributed by atoms with Crippen molar-refractivity contribution in [2.75, 3.05) is 0 Å². The maximum absolute atomic E-state index is 17.7. The van der Waals surface area contributed by atoms with Gasteiger partial charge in [0.25, 0.3) is 0 Å². The lowest BCUT2D eigenvalue weighted by molar-refractivity contribution is 0.0960. The normalized spacial score (nSPS) is 13.1. The number of rotatable bonds is 9. The fourth-order valence-corrected chi connectivity index (χ4v) is 8.96. The first-order valence-electron chi connectivity index (χ1n) is 11.2. The molecule has 0 aliphatic heterocycles. The summed E-state index contributed by atoms with van der Waals surface area (Å²) in [6, 6.07) is 27.0. The van der Waals surface area contributed by atoms with Gasteiger partial charge in [0.05, 0.1) is 15.7 Å². The third kappa shape index (κ3) is 5.03. The van der Waals surface area contributed by atoms with E-state index < -0.39 is 51.9 Å². The molecule has 0 bridgehead atoms. The van der Waals surface area contributed by atoms with Gasteiger partial charge in [-0.25, -0.2) is 21.2 Å². The van der Waals surface area contributed by atoms with Crippen molar-refractivity contribution in [2.45, 2.75) is 26.5 Å². The average Bonchev–Trinajstić information content (AvgIpc) is 2.93. The maximum Gasteiger partial charge on any atom is 0.324 e. The third-order valence-electron chi connectivity index (χ3n) is 6.01. The van der Waals surface area contributed by atoms with Gasteiger partial charge in [-0.2, -0.15) is 0 Å². The van der Waals surface area contributed by atoms with Crippen LogP contribution in [0.25, 0.3) is 0 Å². The molecule has 0 heterocycles. The van der Waals surface area contributed by atoms with Gasteiger partial charge in [-0.3, -0.25) is 4.79 Å². The first-order valence-corrected chi connectivity index (χ1v) is 15.0. The highest BCUT2D eigenvalue weighted by Gasteiger charge is 2.63. The number of sulfone groups is 2. The Hall–Kier alpha value is -3.14. The van der Waals surface area contributed by atoms with Gasteiger partial charge in [0.15, 0.2) is 5.78 Å². The van der Waals surface area contributed by atoms with E-state index in [0.29, 0.717) is 4.47 Å². The Labute approximate surface area is 224 Å². The first kappa shape index (κ1) is 26.9. The van der Waals surface area contributed by atoms with Crippen molar-refractivity contribution in [2.24, 2.45) is 0 Å². The molecule has 9 heteroatoms. The van der Waals surface area contributed by atoms with Crippen LogP contribution in [0, 0.1) is 0 Å². The summed E-state index contributed by atoms with van der Waals surface area (Å²) in [5.74, 6) is -2.48. The Kier molecular flexibility index (Phi) is 7.77. The van der Waals surface area contributed by atoms with Crippen molar-refractivity contribution < 1.29 is 26.0 Å². The Morgan fingerprint density at radius 1 is 0.676 bits per heavy atom. The summed E-state index contributed by atoms with van der Waals surface area (Å²) >= 11 is 3.29. The summed E-state index contributed by atoms with van der Waals surface area (Å²) in [4.78, 5) is 12.3. The number of alkyl halides is 1. The molecule has 5 nitrogen and oxygen atoms in total. The van der Waals surface area contributed by atoms with E-state index in [1.807, 2.05) is 0 Å². The van der Waals surface area contributed by atoms with E-state index in [-0.39, 0.29) is 11.1 Å². The Bertz CT molecular complexity index is 1520. The second-order valence-corrected chi connectivity index (χ2v) is 13.6. The minimum Gasteiger partial charge on any atom is -0.294 e. The summed E-state index contributed by atoms with van der Waals surface area (Å²) in [6.45, 7) is 0. The van der Waals surface area contributed by atoms with Gasteiger partial charge in [0.1, 0.15) is 0 Å². The zero-order valence-electron chi connectivity index (χ0n) is 19.4. The second-order valence-electron chi connectivity index (χ2n) is 8.31. The fraction of sp³-hybridized carbons (Fsp3) is 0.107. The van der Waals surface area contributed by atoms with Gasteiger partial charge in [0.2, 0.25) is 19.7 Å². The Morgan fingerprint density at radius 3 is 1.51 bits per heavy atom. The van der Waals surface area contributed by atoms with Gasteiger partial charge >= 0.3 is 4.33 Å². The van der Waals surface area contributed by atoms with Crippen LogP contribution in [0.15, 0.2) is 130 Å². The van der Waals surface area contributed by atoms with Crippen molar-refractivity contribution in [3.63, 3.8) is 0 Å². The maximum atomic E-state index is 17.7. The lowest BCUT2D eigenvalue weighted by Gasteiger charge is -2.33. The molecule has 0 aliphatic carbocycles. The topological polar surface area (TPSA) is 85.3 Å². The van der Waals surface area contributed by atoms with Crippen LogP contribution >= 0.6 is 15.9 Å². The Balaban J connectivity index is 2.02. The highest BCUT2D eigenvalue weighted by Crippen LogP contribution is 2.49. The number of benzene rings is 4. The smallest absolute Gasteiger partial charge is 0.294 e. The van der Waals surface area contributed by atoms with Crippen LogP contribution in [0.4, 0.5) is 4.39 Å². The molecule has 0 aliphatic rings. The summed E-state index contributed by atoms with van der Waals surface area (Å²) < 4.78 is 70.4. The predicted octanol–water partition coefficient (Wildman–Crippen LogP) is 6.38. The minimum atomic E-state index is -5.21. The predicted molar refractivity (Wildman–Crippen MR) is 143 cm³/mol. The monoisotopic (exact) mass is 600 g/mol. The average molecular weight is 602 g/mol. The molecule has 190 valence electrons. The number of hydrogen-bond acceptors (Lipinski definition) is 5. The van der Waals surface area contributed by atoms with Crippen molar-refractivity contribution in [1.82, 2.24) is 0 Å². The fourth-order valence-electron chi connectivity index (χ4n) is 4.10. The quantitative estimate of drug-likeness (QED) is 0.208. The van der Waals surface area contributed by atoms with Gasteiger partial charge in [-0.05, 0) is 42.0 Å². The third-order valence-corrected chi connectivity index (χ3v) is 11.7. The van der Waals surface area contributed by atoms with Crippen LogP contribution in [0.1, 0.15) is 28.3 Å². The van der Waals surface area contributed by atoms with Crippen LogP contribution in [0.3, 0.4) is 0 Å². The number of Topliss-reactive ketones (excluding diaryl/α,β-unsaturated/α-hetero) is 1. The van der Waals surface area contributed by atoms with Gasteiger partial charge in [0, 0.05) is 16.5 Å². The molecule has 4 rings (SSSR count). The highest BCUT2D eigenvalue weighted by molar-refractivity contribution is 9.10. The van der Waals surface area contributed by atoms with E-state index in [1.165, 1.54) is 60.7 Å². The zero-order chi connectivity index (χ0) is 26.7. The van der Waals surface area contributed by atoms with Gasteiger partial charge in [-0.1, -0.05) is 94.8 Å². The summed E-state index contributed by atoms with van der Waals surface area (Å²) in [7, 11) is -10.4. The molecule has 0 spiro atoms. The lowest BCUT2D eigenvalue weighted by Crippen LogP contribution is -2.48. The molecule has 0 fully saturated rings. The van der Waals surface area contributed by atoms with E-state index in [0.717, 1.165) is 24.3 Å². The van der Waals surface area contributed by atoms with Crippen LogP contribution in [-0.2, 0) is 19.7 Å². The van der Waals surface area contributed by atoms with Crippen LogP contribution in [-0.4, -0.2) is 27.0 Å². The van der Waals surface area contributed by atoms with E-state index in [2.05, 4.69) is 15.9 Å². The molecule has 0 unspecified atom stereocenters. The number of hydrogen-bond donors (Lipinski definition) is 0. The summed E-state index contributed by atoms with van der Waals surface area (Å²) in [5.41, 5.74) is 0.259. The second kappa shape index (κ2) is 10.7. The molecular weight excluding hydrogens is 579 g/mol. The van der Waals surface area contributed by atoms with Crippen molar-refractivity contribution in [3.05, 3.63) is 131 Å². The van der Waals surface area contributed by atoms with Crippen LogP contribution < -0.4 is 0 Å². The Morgan fingerprint density at radius 2 is 1.08 bits per heavy atom. The molecule has 4 aromatic carbocycles. The summed E-state index contributed by atoms with van der Waals surface area (Å²) in [5, 5.41) is 0. The lowest BCUT2D eigenvalue weighted by atomic mass is 9.92. The van der Waals surface area contributed by atoms with Crippen molar-refractivity contribution in [3.8, 4) is 0 Å². The molecule has 37 heavy (non-hydrogen) atoms. The molecule has 0 saturated heterocycles. The van der Waals surface area contributed by atoms with Gasteiger partial charge in [-0.15, -0.1) is 0 Å². The molecule has 1 atom stereocenters. The van der Waals surface area contributed by atoms with Crippen molar-refractivity contribution >= 4 is 41.4 Å². The summed E-state index contributed by atoms with van der Waals surface area (Å²) in [6.07, 6.45) is -0.708. The first-order chi connectivity index (χ1) is 17.6. The number of ketones is 1. The van der Waals surface area contributed by atoms with E-state index in [4.69, 9.17) is 0 Å². The number of carbonyl (C=O) groups excluding carboxylic acids is 1. The molecule has 0 radical (unpaired) electrons. The van der Waals surface area contributed by atoms with E-state index in [1.54, 1.807) is 30.3 Å². The zero-order valence-corrected chi connectivity index (χ0v) is 22.6. The largest absolute Gasteiger partial charge is 0.324 e. The standard InChI is InChI=1S/C28H22BrFO5S2/c29-23-18-16-21(17-19-23)26(20-27(31)22-10-4-1-5-11-22)28(30,36(32,33)24-12-6-2-7-13-24)37(34,35)25-14-8-3-9-15-25/h1-19,26H,20H2/t26-/m0/s1. The number of halogens is 2. The van der Waals surface area contributed by atoms with Gasteiger partial charge < -0.3 is 0 Å². The minimum absolute atomic E-state index is 0.0500. The van der Waals surface area contributed by atoms with Crippen LogP contribution in [0.5, 0.6) is 0 Å².